The van der Waals surface area contributed by atoms with Gasteiger partial charge in [0.2, 0.25) is 0 Å². The van der Waals surface area contributed by atoms with Crippen LogP contribution in [-0.2, 0) is 6.18 Å². The second kappa shape index (κ2) is 13.7. The molecule has 0 amide bonds. The van der Waals surface area contributed by atoms with Gasteiger partial charge in [-0.15, -0.1) is 15.0 Å². The summed E-state index contributed by atoms with van der Waals surface area (Å²) in [5.41, 5.74) is 2.07. The summed E-state index contributed by atoms with van der Waals surface area (Å²) in [4.78, 5) is 24.4. The Morgan fingerprint density at radius 3 is 1.86 bits per heavy atom. The molecule has 1 aliphatic rings. The van der Waals surface area contributed by atoms with Crippen molar-refractivity contribution in [2.45, 2.75) is 50.8 Å². The zero-order chi connectivity index (χ0) is 31.1. The molecule has 1 saturated carbocycles. The quantitative estimate of drug-likeness (QED) is 0.168. The first-order valence-corrected chi connectivity index (χ1v) is 14.3. The number of rotatable bonds is 10. The van der Waals surface area contributed by atoms with Gasteiger partial charge in [-0.2, -0.15) is 13.2 Å². The molecule has 8 nitrogen and oxygen atoms in total. The highest BCUT2D eigenvalue weighted by Gasteiger charge is 2.30. The molecular weight excluding hydrogens is 575 g/mol. The number of methoxy groups -OCH3 is 2. The Kier molecular flexibility index (Phi) is 9.62. The van der Waals surface area contributed by atoms with Gasteiger partial charge in [0, 0.05) is 0 Å². The van der Waals surface area contributed by atoms with Gasteiger partial charge in [-0.3, -0.25) is 0 Å². The Balaban J connectivity index is 1.30. The minimum atomic E-state index is -4.37. The average molecular weight is 608 g/mol. The number of ether oxygens (including phenoxy) is 4. The number of halogens is 3. The number of benzene rings is 3. The monoisotopic (exact) mass is 607 g/mol. The summed E-state index contributed by atoms with van der Waals surface area (Å²) < 4.78 is 60.7. The molecule has 1 aliphatic carbocycles. The summed E-state index contributed by atoms with van der Waals surface area (Å²) in [5, 5.41) is 0. The molecule has 230 valence electrons. The van der Waals surface area contributed by atoms with Crippen LogP contribution in [0.2, 0.25) is 0 Å². The van der Waals surface area contributed by atoms with Crippen LogP contribution in [0.3, 0.4) is 0 Å². The van der Waals surface area contributed by atoms with E-state index in [1.807, 2.05) is 24.3 Å². The van der Waals surface area contributed by atoms with E-state index in [-0.39, 0.29) is 29.7 Å². The fourth-order valence-corrected chi connectivity index (χ4v) is 5.24. The topological polar surface area (TPSA) is 92.7 Å². The number of alkyl halides is 3. The van der Waals surface area contributed by atoms with Crippen molar-refractivity contribution in [1.82, 2.24) is 15.0 Å². The van der Waals surface area contributed by atoms with Crippen molar-refractivity contribution in [1.29, 1.82) is 0 Å². The van der Waals surface area contributed by atoms with Gasteiger partial charge in [-0.1, -0.05) is 68.5 Å². The molecule has 1 fully saturated rings. The number of aromatic nitrogens is 3. The van der Waals surface area contributed by atoms with E-state index in [4.69, 9.17) is 18.9 Å². The number of hydrogen-bond acceptors (Lipinski definition) is 8. The normalized spacial score (nSPS) is 14.5. The Hall–Kier alpha value is -4.67. The maximum absolute atomic E-state index is 13.0. The first kappa shape index (κ1) is 30.8. The minimum Gasteiger partial charge on any atom is -0.486 e. The predicted octanol–water partition coefficient (Wildman–Crippen LogP) is 7.88. The lowest BCUT2D eigenvalue weighted by molar-refractivity contribution is -0.137. The molecule has 0 bridgehead atoms. The maximum Gasteiger partial charge on any atom is 0.416 e. The van der Waals surface area contributed by atoms with Crippen molar-refractivity contribution in [2.75, 3.05) is 14.2 Å². The Labute approximate surface area is 253 Å². The van der Waals surface area contributed by atoms with Crippen LogP contribution in [0.15, 0.2) is 72.8 Å². The van der Waals surface area contributed by atoms with Crippen LogP contribution in [0.5, 0.6) is 23.8 Å². The zero-order valence-corrected chi connectivity index (χ0v) is 24.3. The van der Waals surface area contributed by atoms with Crippen LogP contribution in [0.25, 0.3) is 11.1 Å². The molecule has 3 aromatic carbocycles. The Bertz CT molecular complexity index is 1520. The number of nitrogens with zero attached hydrogens (tertiary/aromatic N) is 3. The first-order valence-electron chi connectivity index (χ1n) is 14.3. The van der Waals surface area contributed by atoms with E-state index in [0.717, 1.165) is 42.5 Å². The third-order valence-corrected chi connectivity index (χ3v) is 7.59. The molecule has 5 rings (SSSR count). The Morgan fingerprint density at radius 2 is 1.32 bits per heavy atom. The van der Waals surface area contributed by atoms with E-state index in [2.05, 4.69) is 15.0 Å². The summed E-state index contributed by atoms with van der Waals surface area (Å²) >= 11 is 0. The molecule has 4 aromatic rings. The van der Waals surface area contributed by atoms with E-state index in [9.17, 15) is 18.0 Å². The zero-order valence-electron chi connectivity index (χ0n) is 24.3. The fourth-order valence-electron chi connectivity index (χ4n) is 5.24. The average Bonchev–Trinajstić information content (AvgIpc) is 3.04. The summed E-state index contributed by atoms with van der Waals surface area (Å²) in [5.74, 6) is 0.425. The lowest BCUT2D eigenvalue weighted by Crippen LogP contribution is -2.16. The molecule has 0 saturated heterocycles. The molecule has 1 heterocycles. The van der Waals surface area contributed by atoms with Crippen molar-refractivity contribution < 1.29 is 36.9 Å². The number of carbonyl (C=O) groups excluding carboxylic acids is 1. The molecule has 44 heavy (non-hydrogen) atoms. The van der Waals surface area contributed by atoms with Crippen molar-refractivity contribution >= 4 is 5.97 Å². The number of carbonyl (C=O) groups is 1. The molecule has 1 aromatic heterocycles. The van der Waals surface area contributed by atoms with Gasteiger partial charge in [0.05, 0.1) is 25.3 Å². The van der Waals surface area contributed by atoms with Crippen LogP contribution >= 0.6 is 0 Å². The van der Waals surface area contributed by atoms with Gasteiger partial charge >= 0.3 is 30.2 Å². The van der Waals surface area contributed by atoms with Crippen LogP contribution < -0.4 is 18.9 Å². The molecule has 0 radical (unpaired) electrons. The summed E-state index contributed by atoms with van der Waals surface area (Å²) in [6.45, 7) is 0. The molecule has 0 unspecified atom stereocenters. The predicted molar refractivity (Wildman–Crippen MR) is 156 cm³/mol. The second-order valence-corrected chi connectivity index (χ2v) is 10.5. The van der Waals surface area contributed by atoms with Gasteiger partial charge < -0.3 is 18.9 Å². The van der Waals surface area contributed by atoms with E-state index < -0.39 is 17.7 Å². The summed E-state index contributed by atoms with van der Waals surface area (Å²) in [7, 11) is 2.74. The highest BCUT2D eigenvalue weighted by molar-refractivity contribution is 5.90. The Morgan fingerprint density at radius 1 is 0.773 bits per heavy atom. The molecular formula is C33H32F3N3O5. The van der Waals surface area contributed by atoms with Crippen LogP contribution in [-0.4, -0.2) is 35.1 Å². The van der Waals surface area contributed by atoms with E-state index in [0.29, 0.717) is 17.2 Å². The lowest BCUT2D eigenvalue weighted by atomic mass is 9.84. The van der Waals surface area contributed by atoms with Gasteiger partial charge in [0.15, 0.2) is 0 Å². The number of esters is 1. The maximum atomic E-state index is 13.0. The van der Waals surface area contributed by atoms with Crippen molar-refractivity contribution in [2.24, 2.45) is 5.92 Å². The van der Waals surface area contributed by atoms with Crippen LogP contribution in [0, 0.1) is 5.92 Å². The van der Waals surface area contributed by atoms with E-state index in [1.165, 1.54) is 45.6 Å². The van der Waals surface area contributed by atoms with Gasteiger partial charge in [0.1, 0.15) is 11.9 Å². The van der Waals surface area contributed by atoms with Crippen LogP contribution in [0.1, 0.15) is 66.1 Å². The molecule has 11 heteroatoms. The first-order chi connectivity index (χ1) is 21.2. The van der Waals surface area contributed by atoms with Gasteiger partial charge in [-0.25, -0.2) is 4.79 Å². The SMILES string of the molecule is COc1nc(OC)nc(OC(=O)c2ccc(O[C@@H](CC3CCCCC3)c3ccc(-c4ccc(C(F)(F)F)cc4)cc3)cc2)n1. The third kappa shape index (κ3) is 7.83. The van der Waals surface area contributed by atoms with Gasteiger partial charge in [-0.05, 0) is 65.4 Å². The summed E-state index contributed by atoms with van der Waals surface area (Å²) in [6, 6.07) is 19.1. The summed E-state index contributed by atoms with van der Waals surface area (Å²) in [6.07, 6.45) is 2.11. The smallest absolute Gasteiger partial charge is 0.416 e. The molecule has 0 aliphatic heterocycles. The van der Waals surface area contributed by atoms with E-state index in [1.54, 1.807) is 24.3 Å². The minimum absolute atomic E-state index is 0.0557. The lowest BCUT2D eigenvalue weighted by Gasteiger charge is -2.27. The third-order valence-electron chi connectivity index (χ3n) is 7.59. The van der Waals surface area contributed by atoms with Crippen molar-refractivity contribution in [3.8, 4) is 34.9 Å². The van der Waals surface area contributed by atoms with Crippen molar-refractivity contribution in [3.05, 3.63) is 89.5 Å². The number of hydrogen-bond donors (Lipinski definition) is 0. The van der Waals surface area contributed by atoms with Gasteiger partial charge in [0.25, 0.3) is 0 Å². The fraction of sp³-hybridized carbons (Fsp3) is 0.333. The van der Waals surface area contributed by atoms with E-state index >= 15 is 0 Å². The highest BCUT2D eigenvalue weighted by Crippen LogP contribution is 2.36. The molecule has 1 atom stereocenters. The highest BCUT2D eigenvalue weighted by atomic mass is 19.4. The van der Waals surface area contributed by atoms with Crippen molar-refractivity contribution in [3.63, 3.8) is 0 Å². The van der Waals surface area contributed by atoms with Crippen LogP contribution in [0.4, 0.5) is 13.2 Å². The molecule has 0 N–H and O–H groups in total. The largest absolute Gasteiger partial charge is 0.486 e. The molecule has 0 spiro atoms. The second-order valence-electron chi connectivity index (χ2n) is 10.5. The standard InChI is InChI=1S/C33H32F3N3O5/c1-41-30-37-31(42-2)39-32(38-30)44-29(40)25-14-18-27(19-15-25)43-28(20-21-6-4-3-5-7-21)24-10-8-22(9-11-24)23-12-16-26(17-13-23)33(34,35)36/h8-19,21,28H,3-7,20H2,1-2H3/t28-/m0/s1.